The van der Waals surface area contributed by atoms with Crippen molar-refractivity contribution in [3.05, 3.63) is 75.0 Å². The van der Waals surface area contributed by atoms with Crippen LogP contribution in [0.5, 0.6) is 5.75 Å². The van der Waals surface area contributed by atoms with Crippen LogP contribution in [-0.4, -0.2) is 51.9 Å². The standard InChI is InChI=1S/C25H24N4O5S/c1-15(2)29-23(31)19-7-5-4-6-18(19)21(27-29)22(30)26-12-13-28-24(32)20(35-25(28)33)14-16-8-10-17(34-3)11-9-16/h4-11,14-15H,12-13H2,1-3H3,(H,26,30). The van der Waals surface area contributed by atoms with Gasteiger partial charge in [0.2, 0.25) is 0 Å². The third kappa shape index (κ3) is 4.97. The van der Waals surface area contributed by atoms with E-state index in [0.29, 0.717) is 21.4 Å². The summed E-state index contributed by atoms with van der Waals surface area (Å²) in [5, 5.41) is 7.43. The highest BCUT2D eigenvalue weighted by Crippen LogP contribution is 2.32. The SMILES string of the molecule is COc1ccc(C=C2SC(=O)N(CCNC(=O)c3nn(C(C)C)c(=O)c4ccccc34)C2=O)cc1. The number of methoxy groups -OCH3 is 1. The van der Waals surface area contributed by atoms with E-state index in [1.807, 2.05) is 13.8 Å². The summed E-state index contributed by atoms with van der Waals surface area (Å²) in [4.78, 5) is 52.2. The van der Waals surface area contributed by atoms with Gasteiger partial charge in [-0.1, -0.05) is 30.3 Å². The largest absolute Gasteiger partial charge is 0.497 e. The molecule has 1 aromatic heterocycles. The number of hydrogen-bond acceptors (Lipinski definition) is 7. The number of benzene rings is 2. The van der Waals surface area contributed by atoms with E-state index in [2.05, 4.69) is 10.4 Å². The van der Waals surface area contributed by atoms with Gasteiger partial charge < -0.3 is 10.1 Å². The molecule has 35 heavy (non-hydrogen) atoms. The van der Waals surface area contributed by atoms with E-state index < -0.39 is 17.1 Å². The second-order valence-electron chi connectivity index (χ2n) is 8.10. The molecule has 10 heteroatoms. The van der Waals surface area contributed by atoms with Crippen LogP contribution < -0.4 is 15.6 Å². The molecule has 0 atom stereocenters. The fourth-order valence-electron chi connectivity index (χ4n) is 3.63. The Bertz CT molecular complexity index is 1400. The number of nitrogens with one attached hydrogen (secondary N) is 1. The minimum Gasteiger partial charge on any atom is -0.497 e. The molecule has 1 saturated heterocycles. The molecule has 1 aliphatic heterocycles. The molecule has 1 aliphatic rings. The van der Waals surface area contributed by atoms with Crippen molar-refractivity contribution in [1.29, 1.82) is 0 Å². The molecule has 0 unspecified atom stereocenters. The second-order valence-corrected chi connectivity index (χ2v) is 9.09. The first-order chi connectivity index (χ1) is 16.8. The van der Waals surface area contributed by atoms with Crippen LogP contribution in [-0.2, 0) is 4.79 Å². The lowest BCUT2D eigenvalue weighted by Crippen LogP contribution is -2.38. The van der Waals surface area contributed by atoms with Crippen molar-refractivity contribution in [2.24, 2.45) is 0 Å². The van der Waals surface area contributed by atoms with Gasteiger partial charge in [-0.25, -0.2) is 4.68 Å². The molecule has 0 radical (unpaired) electrons. The van der Waals surface area contributed by atoms with Crippen LogP contribution in [0.25, 0.3) is 16.8 Å². The molecule has 9 nitrogen and oxygen atoms in total. The Morgan fingerprint density at radius 3 is 2.43 bits per heavy atom. The van der Waals surface area contributed by atoms with E-state index in [-0.39, 0.29) is 30.4 Å². The minimum atomic E-state index is -0.489. The number of hydrogen-bond donors (Lipinski definition) is 1. The summed E-state index contributed by atoms with van der Waals surface area (Å²) in [6, 6.07) is 13.7. The summed E-state index contributed by atoms with van der Waals surface area (Å²) >= 11 is 0.855. The monoisotopic (exact) mass is 492 g/mol. The fourth-order valence-corrected chi connectivity index (χ4v) is 4.50. The Hall–Kier alpha value is -3.92. The molecule has 0 saturated carbocycles. The molecular formula is C25H24N4O5S. The van der Waals surface area contributed by atoms with Crippen molar-refractivity contribution in [3.8, 4) is 5.75 Å². The number of amides is 3. The molecule has 180 valence electrons. The zero-order valence-corrected chi connectivity index (χ0v) is 20.3. The molecule has 0 bridgehead atoms. The van der Waals surface area contributed by atoms with Crippen LogP contribution >= 0.6 is 11.8 Å². The summed E-state index contributed by atoms with van der Waals surface area (Å²) in [5.74, 6) is -0.213. The lowest BCUT2D eigenvalue weighted by molar-refractivity contribution is -0.122. The van der Waals surface area contributed by atoms with Crippen molar-refractivity contribution in [3.63, 3.8) is 0 Å². The Morgan fingerprint density at radius 2 is 1.77 bits per heavy atom. The van der Waals surface area contributed by atoms with Gasteiger partial charge in [0.15, 0.2) is 5.69 Å². The molecule has 0 aliphatic carbocycles. The summed E-state index contributed by atoms with van der Waals surface area (Å²) in [6.07, 6.45) is 1.65. The number of rotatable bonds is 7. The van der Waals surface area contributed by atoms with E-state index in [0.717, 1.165) is 22.2 Å². The van der Waals surface area contributed by atoms with Gasteiger partial charge in [-0.15, -0.1) is 0 Å². The van der Waals surface area contributed by atoms with Gasteiger partial charge in [0.05, 0.1) is 23.4 Å². The van der Waals surface area contributed by atoms with Gasteiger partial charge in [0.1, 0.15) is 5.75 Å². The average molecular weight is 493 g/mol. The summed E-state index contributed by atoms with van der Waals surface area (Å²) in [5.41, 5.74) is 0.610. The Labute approximate surface area is 205 Å². The number of imide groups is 1. The lowest BCUT2D eigenvalue weighted by atomic mass is 10.1. The normalized spacial score (nSPS) is 14.9. The van der Waals surface area contributed by atoms with E-state index in [4.69, 9.17) is 4.74 Å². The quantitative estimate of drug-likeness (QED) is 0.503. The first-order valence-corrected chi connectivity index (χ1v) is 11.8. The van der Waals surface area contributed by atoms with Crippen molar-refractivity contribution in [2.45, 2.75) is 19.9 Å². The molecule has 1 N–H and O–H groups in total. The molecule has 1 fully saturated rings. The second kappa shape index (κ2) is 10.1. The van der Waals surface area contributed by atoms with Crippen molar-refractivity contribution < 1.29 is 19.1 Å². The zero-order chi connectivity index (χ0) is 25.1. The van der Waals surface area contributed by atoms with Gasteiger partial charge >= 0.3 is 0 Å². The fraction of sp³-hybridized carbons (Fsp3) is 0.240. The van der Waals surface area contributed by atoms with Crippen molar-refractivity contribution in [1.82, 2.24) is 20.0 Å². The Morgan fingerprint density at radius 1 is 1.09 bits per heavy atom. The highest BCUT2D eigenvalue weighted by molar-refractivity contribution is 8.18. The van der Waals surface area contributed by atoms with Crippen LogP contribution in [0.2, 0.25) is 0 Å². The maximum absolute atomic E-state index is 12.9. The molecule has 2 aromatic carbocycles. The highest BCUT2D eigenvalue weighted by atomic mass is 32.2. The third-order valence-electron chi connectivity index (χ3n) is 5.44. The van der Waals surface area contributed by atoms with Gasteiger partial charge in [-0.3, -0.25) is 24.1 Å². The minimum absolute atomic E-state index is 0.0120. The summed E-state index contributed by atoms with van der Waals surface area (Å²) in [7, 11) is 1.57. The number of carbonyl (C=O) groups excluding carboxylic acids is 3. The molecule has 3 aromatic rings. The van der Waals surface area contributed by atoms with Crippen LogP contribution in [0.15, 0.2) is 58.2 Å². The van der Waals surface area contributed by atoms with Crippen LogP contribution in [0.3, 0.4) is 0 Å². The van der Waals surface area contributed by atoms with Crippen molar-refractivity contribution in [2.75, 3.05) is 20.2 Å². The smallest absolute Gasteiger partial charge is 0.293 e. The highest BCUT2D eigenvalue weighted by Gasteiger charge is 2.34. The van der Waals surface area contributed by atoms with Crippen LogP contribution in [0.1, 0.15) is 35.9 Å². The predicted octanol–water partition coefficient (Wildman–Crippen LogP) is 3.45. The third-order valence-corrected chi connectivity index (χ3v) is 6.35. The van der Waals surface area contributed by atoms with Gasteiger partial charge in [-0.05, 0) is 55.4 Å². The van der Waals surface area contributed by atoms with E-state index >= 15 is 0 Å². The maximum atomic E-state index is 12.9. The number of carbonyl (C=O) groups is 3. The first kappa shape index (κ1) is 24.2. The zero-order valence-electron chi connectivity index (χ0n) is 19.5. The number of thioether (sulfide) groups is 1. The average Bonchev–Trinajstić information content (AvgIpc) is 3.11. The van der Waals surface area contributed by atoms with Gasteiger partial charge in [0, 0.05) is 18.5 Å². The van der Waals surface area contributed by atoms with E-state index in [1.54, 1.807) is 61.7 Å². The summed E-state index contributed by atoms with van der Waals surface area (Å²) in [6.45, 7) is 3.68. The van der Waals surface area contributed by atoms with Crippen LogP contribution in [0, 0.1) is 0 Å². The molecule has 3 amide bonds. The number of ether oxygens (including phenoxy) is 1. The number of nitrogens with zero attached hydrogens (tertiary/aromatic N) is 3. The molecule has 2 heterocycles. The number of aromatic nitrogens is 2. The molecule has 4 rings (SSSR count). The predicted molar refractivity (Wildman–Crippen MR) is 134 cm³/mol. The van der Waals surface area contributed by atoms with Crippen LogP contribution in [0.4, 0.5) is 4.79 Å². The van der Waals surface area contributed by atoms with E-state index in [9.17, 15) is 19.2 Å². The number of fused-ring (bicyclic) bond motifs is 1. The summed E-state index contributed by atoms with van der Waals surface area (Å²) < 4.78 is 6.40. The Balaban J connectivity index is 1.46. The van der Waals surface area contributed by atoms with E-state index in [1.165, 1.54) is 4.68 Å². The topological polar surface area (TPSA) is 111 Å². The maximum Gasteiger partial charge on any atom is 0.293 e. The van der Waals surface area contributed by atoms with Gasteiger partial charge in [0.25, 0.3) is 22.6 Å². The Kier molecular flexibility index (Phi) is 7.02. The van der Waals surface area contributed by atoms with Gasteiger partial charge in [-0.2, -0.15) is 5.10 Å². The molecular weight excluding hydrogens is 468 g/mol. The first-order valence-electron chi connectivity index (χ1n) is 11.0. The van der Waals surface area contributed by atoms with Crippen molar-refractivity contribution >= 4 is 45.7 Å². The lowest BCUT2D eigenvalue weighted by Gasteiger charge is -2.15. The molecule has 0 spiro atoms.